The van der Waals surface area contributed by atoms with Crippen LogP contribution in [0.2, 0.25) is 0 Å². The standard InChI is InChI=1S/C15H16F2O2.C9H10O2.C2H6/c16-14-6-3-11(9-15(14)17)8-13(19)5-2-10-1-4-12(18)7-10;1-2-7-3-5-8(6-4-7)9(10)11;1-2/h2-3,5-6,9-10,13,19H,1,4,7-8H2;3-6H,2H2,1H3,(H,10,11);1-2H3/b5-2+;;/t10-,13?;;/m1../s1. The molecule has 4 nitrogen and oxygen atoms in total. The van der Waals surface area contributed by atoms with Gasteiger partial charge in [0.1, 0.15) is 5.78 Å². The second-order valence-corrected chi connectivity index (χ2v) is 7.30. The van der Waals surface area contributed by atoms with Gasteiger partial charge in [-0.3, -0.25) is 4.79 Å². The van der Waals surface area contributed by atoms with E-state index in [2.05, 4.69) is 0 Å². The van der Waals surface area contributed by atoms with Crippen molar-refractivity contribution in [1.82, 2.24) is 0 Å². The Morgan fingerprint density at radius 2 is 1.72 bits per heavy atom. The Morgan fingerprint density at radius 1 is 1.09 bits per heavy atom. The van der Waals surface area contributed by atoms with Crippen LogP contribution >= 0.6 is 0 Å². The summed E-state index contributed by atoms with van der Waals surface area (Å²) in [7, 11) is 0. The van der Waals surface area contributed by atoms with Gasteiger partial charge in [0, 0.05) is 19.3 Å². The average molecular weight is 447 g/mol. The first kappa shape index (κ1) is 27.2. The van der Waals surface area contributed by atoms with Crippen LogP contribution < -0.4 is 0 Å². The summed E-state index contributed by atoms with van der Waals surface area (Å²) in [5, 5.41) is 18.3. The Balaban J connectivity index is 0.000000335. The highest BCUT2D eigenvalue weighted by Crippen LogP contribution is 2.23. The number of carbonyl (C=O) groups is 2. The number of hydrogen-bond acceptors (Lipinski definition) is 3. The van der Waals surface area contributed by atoms with E-state index in [4.69, 9.17) is 5.11 Å². The number of ketones is 1. The quantitative estimate of drug-likeness (QED) is 0.553. The van der Waals surface area contributed by atoms with Crippen LogP contribution in [0.5, 0.6) is 0 Å². The maximum atomic E-state index is 13.0. The fourth-order valence-corrected chi connectivity index (χ4v) is 3.15. The molecule has 1 fully saturated rings. The minimum atomic E-state index is -0.907. The molecule has 6 heteroatoms. The van der Waals surface area contributed by atoms with Gasteiger partial charge in [-0.1, -0.05) is 51.1 Å². The third-order valence-corrected chi connectivity index (χ3v) is 4.93. The van der Waals surface area contributed by atoms with Gasteiger partial charge in [0.15, 0.2) is 11.6 Å². The van der Waals surface area contributed by atoms with Crippen LogP contribution in [0.15, 0.2) is 54.6 Å². The summed E-state index contributed by atoms with van der Waals surface area (Å²) < 4.78 is 25.7. The number of allylic oxidation sites excluding steroid dienone is 1. The topological polar surface area (TPSA) is 74.6 Å². The molecule has 1 saturated carbocycles. The predicted molar refractivity (Wildman–Crippen MR) is 122 cm³/mol. The summed E-state index contributed by atoms with van der Waals surface area (Å²) in [6.07, 6.45) is 5.87. The lowest BCUT2D eigenvalue weighted by Crippen LogP contribution is -2.08. The minimum absolute atomic E-state index is 0.201. The van der Waals surface area contributed by atoms with E-state index >= 15 is 0 Å². The second-order valence-electron chi connectivity index (χ2n) is 7.30. The lowest BCUT2D eigenvalue weighted by Gasteiger charge is -2.07. The zero-order chi connectivity index (χ0) is 24.1. The number of hydrogen-bond donors (Lipinski definition) is 2. The first-order chi connectivity index (χ1) is 15.3. The van der Waals surface area contributed by atoms with Crippen molar-refractivity contribution in [2.75, 3.05) is 0 Å². The summed E-state index contributed by atoms with van der Waals surface area (Å²) in [6.45, 7) is 6.04. The van der Waals surface area contributed by atoms with Gasteiger partial charge in [0.25, 0.3) is 0 Å². The number of aryl methyl sites for hydroxylation is 1. The fourth-order valence-electron chi connectivity index (χ4n) is 3.15. The molecule has 32 heavy (non-hydrogen) atoms. The number of carboxylic acid groups (broad SMARTS) is 1. The van der Waals surface area contributed by atoms with Gasteiger partial charge < -0.3 is 10.2 Å². The fraction of sp³-hybridized carbons (Fsp3) is 0.385. The van der Waals surface area contributed by atoms with Gasteiger partial charge in [0.05, 0.1) is 11.7 Å². The van der Waals surface area contributed by atoms with Gasteiger partial charge >= 0.3 is 5.97 Å². The summed E-state index contributed by atoms with van der Waals surface area (Å²) >= 11 is 0. The zero-order valence-corrected chi connectivity index (χ0v) is 18.9. The molecule has 1 aliphatic rings. The number of Topliss-reactive ketones (excluding diaryl/α,β-unsaturated/α-hetero) is 1. The Kier molecular flexibility index (Phi) is 12.1. The molecule has 2 N–H and O–H groups in total. The molecule has 0 spiro atoms. The van der Waals surface area contributed by atoms with E-state index in [0.29, 0.717) is 24.0 Å². The van der Waals surface area contributed by atoms with Crippen LogP contribution in [0.3, 0.4) is 0 Å². The molecule has 174 valence electrons. The monoisotopic (exact) mass is 446 g/mol. The van der Waals surface area contributed by atoms with E-state index in [-0.39, 0.29) is 18.1 Å². The Morgan fingerprint density at radius 3 is 2.22 bits per heavy atom. The number of carboxylic acids is 1. The van der Waals surface area contributed by atoms with E-state index in [1.165, 1.54) is 6.07 Å². The molecule has 2 aromatic carbocycles. The highest BCUT2D eigenvalue weighted by molar-refractivity contribution is 5.87. The largest absolute Gasteiger partial charge is 0.478 e. The molecular weight excluding hydrogens is 414 g/mol. The second kappa shape index (κ2) is 14.2. The average Bonchev–Trinajstić information content (AvgIpc) is 3.22. The number of halogens is 2. The van der Waals surface area contributed by atoms with Gasteiger partial charge in [-0.05, 0) is 54.2 Å². The molecule has 0 saturated heterocycles. The summed E-state index contributed by atoms with van der Waals surface area (Å²) in [4.78, 5) is 21.5. The summed E-state index contributed by atoms with van der Waals surface area (Å²) in [6, 6.07) is 10.5. The lowest BCUT2D eigenvalue weighted by molar-refractivity contribution is -0.117. The minimum Gasteiger partial charge on any atom is -0.478 e. The van der Waals surface area contributed by atoms with Crippen molar-refractivity contribution in [1.29, 1.82) is 0 Å². The highest BCUT2D eigenvalue weighted by Gasteiger charge is 2.19. The van der Waals surface area contributed by atoms with Gasteiger partial charge in [0.2, 0.25) is 0 Å². The SMILES string of the molecule is CC.CCc1ccc(C(=O)O)cc1.O=C1CC[C@H](/C=C/C(O)Cc2ccc(F)c(F)c2)C1. The predicted octanol–water partition coefficient (Wildman–Crippen LogP) is 5.77. The Labute approximate surface area is 188 Å². The molecular formula is C26H32F2O4. The Bertz CT molecular complexity index is 891. The number of aliphatic hydroxyl groups excluding tert-OH is 1. The van der Waals surface area contributed by atoms with Crippen LogP contribution in [-0.2, 0) is 17.6 Å². The summed E-state index contributed by atoms with van der Waals surface area (Å²) in [5.74, 6) is -2.21. The molecule has 0 amide bonds. The van der Waals surface area contributed by atoms with Crippen molar-refractivity contribution in [3.63, 3.8) is 0 Å². The maximum Gasteiger partial charge on any atom is 0.335 e. The van der Waals surface area contributed by atoms with Gasteiger partial charge in [-0.2, -0.15) is 0 Å². The molecule has 0 radical (unpaired) electrons. The molecule has 1 unspecified atom stereocenters. The van der Waals surface area contributed by atoms with E-state index in [1.807, 2.05) is 39.0 Å². The van der Waals surface area contributed by atoms with Crippen molar-refractivity contribution in [3.8, 4) is 0 Å². The number of aromatic carboxylic acids is 1. The molecule has 0 aromatic heterocycles. The lowest BCUT2D eigenvalue weighted by atomic mass is 10.0. The third-order valence-electron chi connectivity index (χ3n) is 4.93. The van der Waals surface area contributed by atoms with Crippen LogP contribution in [0, 0.1) is 17.6 Å². The van der Waals surface area contributed by atoms with E-state index in [1.54, 1.807) is 18.2 Å². The van der Waals surface area contributed by atoms with E-state index in [0.717, 1.165) is 30.5 Å². The Hall–Kier alpha value is -2.86. The summed E-state index contributed by atoms with van der Waals surface area (Å²) in [5.41, 5.74) is 2.05. The normalized spacial score (nSPS) is 16.1. The van der Waals surface area contributed by atoms with E-state index in [9.17, 15) is 23.5 Å². The first-order valence-electron chi connectivity index (χ1n) is 10.9. The van der Waals surface area contributed by atoms with Gasteiger partial charge in [-0.15, -0.1) is 0 Å². The number of rotatable bonds is 6. The molecule has 0 heterocycles. The van der Waals surface area contributed by atoms with E-state index < -0.39 is 23.7 Å². The molecule has 1 aliphatic carbocycles. The maximum absolute atomic E-state index is 13.0. The van der Waals surface area contributed by atoms with Gasteiger partial charge in [-0.25, -0.2) is 13.6 Å². The molecule has 3 rings (SSSR count). The highest BCUT2D eigenvalue weighted by atomic mass is 19.2. The third kappa shape index (κ3) is 9.52. The molecule has 2 atom stereocenters. The van der Waals surface area contributed by atoms with Crippen LogP contribution in [0.1, 0.15) is 61.5 Å². The number of carbonyl (C=O) groups excluding carboxylic acids is 1. The van der Waals surface area contributed by atoms with Crippen molar-refractivity contribution in [3.05, 3.63) is 82.9 Å². The zero-order valence-electron chi connectivity index (χ0n) is 18.9. The van der Waals surface area contributed by atoms with Crippen molar-refractivity contribution in [2.45, 2.75) is 59.0 Å². The van der Waals surface area contributed by atoms with Crippen LogP contribution in [-0.4, -0.2) is 28.1 Å². The number of aliphatic hydroxyl groups is 1. The van der Waals surface area contributed by atoms with Crippen molar-refractivity contribution >= 4 is 11.8 Å². The first-order valence-corrected chi connectivity index (χ1v) is 10.9. The molecule has 0 bridgehead atoms. The molecule has 0 aliphatic heterocycles. The number of benzene rings is 2. The van der Waals surface area contributed by atoms with Crippen molar-refractivity contribution < 1.29 is 28.6 Å². The van der Waals surface area contributed by atoms with Crippen LogP contribution in [0.25, 0.3) is 0 Å². The smallest absolute Gasteiger partial charge is 0.335 e. The van der Waals surface area contributed by atoms with Crippen LogP contribution in [0.4, 0.5) is 8.78 Å². The molecule has 2 aromatic rings. The van der Waals surface area contributed by atoms with Crippen molar-refractivity contribution in [2.24, 2.45) is 5.92 Å².